The molecule has 3 aromatic rings. The number of nitrogens with zero attached hydrogens (tertiary/aromatic N) is 1. The number of halogens is 1. The van der Waals surface area contributed by atoms with Gasteiger partial charge in [-0.25, -0.2) is 0 Å². The molecule has 6 nitrogen and oxygen atoms in total. The number of nitrogens with one attached hydrogen (secondary N) is 1. The highest BCUT2D eigenvalue weighted by Crippen LogP contribution is 2.33. The first-order valence-electron chi connectivity index (χ1n) is 9.54. The molecule has 0 fully saturated rings. The monoisotopic (exact) mass is 424 g/mol. The van der Waals surface area contributed by atoms with Gasteiger partial charge in [0.1, 0.15) is 19.0 Å². The standard InChI is InChI=1S/C23H21ClN2O4/c1-28-21-5-3-19(12-22(21)29-13-15-6-8-25-9-7-15)26-23(27)17-10-16-11-18(24)2-4-20(16)30-14-17/h2-9,11-12,17H,10,13-14H2,1H3,(H,26,27). The molecule has 0 radical (unpaired) electrons. The van der Waals surface area contributed by atoms with Crippen LogP contribution in [0.15, 0.2) is 60.9 Å². The Kier molecular flexibility index (Phi) is 6.05. The summed E-state index contributed by atoms with van der Waals surface area (Å²) < 4.78 is 17.0. The molecule has 30 heavy (non-hydrogen) atoms. The molecule has 0 saturated carbocycles. The Hall–Kier alpha value is -3.25. The highest BCUT2D eigenvalue weighted by molar-refractivity contribution is 6.30. The quantitative estimate of drug-likeness (QED) is 0.630. The molecule has 0 spiro atoms. The smallest absolute Gasteiger partial charge is 0.231 e. The summed E-state index contributed by atoms with van der Waals surface area (Å²) >= 11 is 6.07. The highest BCUT2D eigenvalue weighted by atomic mass is 35.5. The molecule has 1 atom stereocenters. The number of anilines is 1. The van der Waals surface area contributed by atoms with E-state index in [4.69, 9.17) is 25.8 Å². The van der Waals surface area contributed by atoms with Gasteiger partial charge in [0, 0.05) is 29.2 Å². The van der Waals surface area contributed by atoms with Gasteiger partial charge in [0.25, 0.3) is 0 Å². The van der Waals surface area contributed by atoms with Crippen molar-refractivity contribution >= 4 is 23.2 Å². The molecule has 1 aliphatic heterocycles. The van der Waals surface area contributed by atoms with Gasteiger partial charge in [-0.05, 0) is 60.0 Å². The molecule has 1 amide bonds. The fourth-order valence-corrected chi connectivity index (χ4v) is 3.48. The van der Waals surface area contributed by atoms with Crippen LogP contribution in [0, 0.1) is 5.92 Å². The van der Waals surface area contributed by atoms with Gasteiger partial charge < -0.3 is 19.5 Å². The molecule has 4 rings (SSSR count). The number of carbonyl (C=O) groups excluding carboxylic acids is 1. The molecule has 0 saturated heterocycles. The molecule has 154 valence electrons. The SMILES string of the molecule is COc1ccc(NC(=O)C2COc3ccc(Cl)cc3C2)cc1OCc1ccncc1. The van der Waals surface area contributed by atoms with Gasteiger partial charge in [-0.1, -0.05) is 11.6 Å². The zero-order valence-corrected chi connectivity index (χ0v) is 17.2. The van der Waals surface area contributed by atoms with Crippen LogP contribution in [0.3, 0.4) is 0 Å². The van der Waals surface area contributed by atoms with Crippen molar-refractivity contribution in [1.82, 2.24) is 4.98 Å². The van der Waals surface area contributed by atoms with Crippen molar-refractivity contribution in [2.24, 2.45) is 5.92 Å². The van der Waals surface area contributed by atoms with Crippen LogP contribution in [-0.2, 0) is 17.8 Å². The molecule has 1 unspecified atom stereocenters. The number of hydrogen-bond donors (Lipinski definition) is 1. The lowest BCUT2D eigenvalue weighted by Gasteiger charge is -2.25. The third-order valence-corrected chi connectivity index (χ3v) is 5.11. The van der Waals surface area contributed by atoms with E-state index >= 15 is 0 Å². The maximum absolute atomic E-state index is 12.8. The minimum Gasteiger partial charge on any atom is -0.493 e. The number of benzene rings is 2. The minimum atomic E-state index is -0.306. The Balaban J connectivity index is 1.44. The van der Waals surface area contributed by atoms with Crippen LogP contribution in [0.1, 0.15) is 11.1 Å². The van der Waals surface area contributed by atoms with Crippen molar-refractivity contribution in [3.8, 4) is 17.2 Å². The number of ether oxygens (including phenoxy) is 3. The molecule has 7 heteroatoms. The Morgan fingerprint density at radius 3 is 2.80 bits per heavy atom. The molecule has 0 bridgehead atoms. The number of rotatable bonds is 6. The van der Waals surface area contributed by atoms with Crippen LogP contribution in [0.5, 0.6) is 17.2 Å². The third kappa shape index (κ3) is 4.66. The topological polar surface area (TPSA) is 69.7 Å². The minimum absolute atomic E-state index is 0.120. The average molecular weight is 425 g/mol. The van der Waals surface area contributed by atoms with E-state index in [2.05, 4.69) is 10.3 Å². The van der Waals surface area contributed by atoms with Gasteiger partial charge in [-0.3, -0.25) is 9.78 Å². The lowest BCUT2D eigenvalue weighted by atomic mass is 9.96. The summed E-state index contributed by atoms with van der Waals surface area (Å²) in [5, 5.41) is 3.58. The number of methoxy groups -OCH3 is 1. The summed E-state index contributed by atoms with van der Waals surface area (Å²) in [6.07, 6.45) is 4.00. The Morgan fingerprint density at radius 1 is 1.17 bits per heavy atom. The number of pyridine rings is 1. The summed E-state index contributed by atoms with van der Waals surface area (Å²) in [5.41, 5.74) is 2.55. The van der Waals surface area contributed by atoms with Gasteiger partial charge in [0.15, 0.2) is 11.5 Å². The maximum atomic E-state index is 12.8. The van der Waals surface area contributed by atoms with Crippen LogP contribution < -0.4 is 19.5 Å². The molecule has 1 N–H and O–H groups in total. The first-order chi connectivity index (χ1) is 14.6. The number of hydrogen-bond acceptors (Lipinski definition) is 5. The van der Waals surface area contributed by atoms with E-state index < -0.39 is 0 Å². The summed E-state index contributed by atoms with van der Waals surface area (Å²) in [4.78, 5) is 16.8. The normalized spacial score (nSPS) is 14.9. The summed E-state index contributed by atoms with van der Waals surface area (Å²) in [6.45, 7) is 0.687. The summed E-state index contributed by atoms with van der Waals surface area (Å²) in [7, 11) is 1.58. The van der Waals surface area contributed by atoms with Crippen molar-refractivity contribution in [3.05, 3.63) is 77.1 Å². The van der Waals surface area contributed by atoms with E-state index in [9.17, 15) is 4.79 Å². The van der Waals surface area contributed by atoms with E-state index in [-0.39, 0.29) is 11.8 Å². The van der Waals surface area contributed by atoms with Crippen molar-refractivity contribution in [2.75, 3.05) is 19.0 Å². The van der Waals surface area contributed by atoms with Crippen LogP contribution in [0.25, 0.3) is 0 Å². The fraction of sp³-hybridized carbons (Fsp3) is 0.217. The molecule has 2 heterocycles. The van der Waals surface area contributed by atoms with Crippen LogP contribution >= 0.6 is 11.6 Å². The van der Waals surface area contributed by atoms with E-state index in [1.165, 1.54) is 0 Å². The zero-order valence-electron chi connectivity index (χ0n) is 16.4. The predicted molar refractivity (Wildman–Crippen MR) is 114 cm³/mol. The van der Waals surface area contributed by atoms with Crippen molar-refractivity contribution in [3.63, 3.8) is 0 Å². The van der Waals surface area contributed by atoms with Crippen LogP contribution in [0.4, 0.5) is 5.69 Å². The van der Waals surface area contributed by atoms with Gasteiger partial charge in [0.05, 0.1) is 13.0 Å². The van der Waals surface area contributed by atoms with Gasteiger partial charge in [0.2, 0.25) is 5.91 Å². The van der Waals surface area contributed by atoms with Crippen molar-refractivity contribution in [1.29, 1.82) is 0 Å². The summed E-state index contributed by atoms with van der Waals surface area (Å²) in [6, 6.07) is 14.5. The molecular weight excluding hydrogens is 404 g/mol. The lowest BCUT2D eigenvalue weighted by molar-refractivity contribution is -0.121. The molecule has 0 aliphatic carbocycles. The summed E-state index contributed by atoms with van der Waals surface area (Å²) in [5.74, 6) is 1.49. The van der Waals surface area contributed by atoms with Crippen molar-refractivity contribution in [2.45, 2.75) is 13.0 Å². The van der Waals surface area contributed by atoms with Gasteiger partial charge in [-0.2, -0.15) is 0 Å². The second-order valence-electron chi connectivity index (χ2n) is 6.96. The number of aromatic nitrogens is 1. The first kappa shape index (κ1) is 20.0. The maximum Gasteiger partial charge on any atom is 0.231 e. The van der Waals surface area contributed by atoms with Gasteiger partial charge in [-0.15, -0.1) is 0 Å². The van der Waals surface area contributed by atoms with E-state index in [1.807, 2.05) is 24.3 Å². The molecule has 1 aliphatic rings. The predicted octanol–water partition coefficient (Wildman–Crippen LogP) is 4.51. The second kappa shape index (κ2) is 9.05. The van der Waals surface area contributed by atoms with E-state index in [0.717, 1.165) is 16.9 Å². The first-order valence-corrected chi connectivity index (χ1v) is 9.92. The van der Waals surface area contributed by atoms with E-state index in [1.54, 1.807) is 43.8 Å². The van der Waals surface area contributed by atoms with Gasteiger partial charge >= 0.3 is 0 Å². The Morgan fingerprint density at radius 2 is 2.00 bits per heavy atom. The second-order valence-corrected chi connectivity index (χ2v) is 7.40. The Labute approximate surface area is 179 Å². The zero-order chi connectivity index (χ0) is 20.9. The number of amides is 1. The van der Waals surface area contributed by atoms with Crippen LogP contribution in [-0.4, -0.2) is 24.6 Å². The Bertz CT molecular complexity index is 1040. The number of fused-ring (bicyclic) bond motifs is 1. The fourth-order valence-electron chi connectivity index (χ4n) is 3.28. The lowest BCUT2D eigenvalue weighted by Crippen LogP contribution is -2.32. The highest BCUT2D eigenvalue weighted by Gasteiger charge is 2.26. The largest absolute Gasteiger partial charge is 0.493 e. The molecule has 2 aromatic carbocycles. The molecule has 1 aromatic heterocycles. The average Bonchev–Trinajstić information content (AvgIpc) is 2.78. The molecular formula is C23H21ClN2O4. The van der Waals surface area contributed by atoms with Crippen LogP contribution in [0.2, 0.25) is 5.02 Å². The third-order valence-electron chi connectivity index (χ3n) is 4.87. The number of carbonyl (C=O) groups is 1. The van der Waals surface area contributed by atoms with E-state index in [0.29, 0.717) is 41.8 Å². The van der Waals surface area contributed by atoms with Crippen molar-refractivity contribution < 1.29 is 19.0 Å².